The average molecular weight is 191 g/mol. The molecule has 0 unspecified atom stereocenters. The summed E-state index contributed by atoms with van der Waals surface area (Å²) in [6.07, 6.45) is 0.855. The van der Waals surface area contributed by atoms with Crippen LogP contribution in [0, 0.1) is 0 Å². The molecule has 0 aliphatic carbocycles. The van der Waals surface area contributed by atoms with Crippen LogP contribution >= 0.6 is 0 Å². The van der Waals surface area contributed by atoms with Crippen molar-refractivity contribution < 1.29 is 9.84 Å². The van der Waals surface area contributed by atoms with Gasteiger partial charge >= 0.3 is 0 Å². The molecule has 74 valence electrons. The predicted molar refractivity (Wildman–Crippen MR) is 55.6 cm³/mol. The number of hydrogen-bond acceptors (Lipinski definition) is 3. The van der Waals surface area contributed by atoms with E-state index in [-0.39, 0.29) is 11.9 Å². The summed E-state index contributed by atoms with van der Waals surface area (Å²) < 4.78 is 5.62. The van der Waals surface area contributed by atoms with Gasteiger partial charge in [0.1, 0.15) is 17.6 Å². The van der Waals surface area contributed by atoms with Crippen molar-refractivity contribution in [2.75, 3.05) is 5.32 Å². The van der Waals surface area contributed by atoms with Gasteiger partial charge in [-0.15, -0.1) is 0 Å². The van der Waals surface area contributed by atoms with E-state index < -0.39 is 0 Å². The van der Waals surface area contributed by atoms with Crippen molar-refractivity contribution in [2.45, 2.75) is 19.4 Å². The first-order valence-corrected chi connectivity index (χ1v) is 4.59. The van der Waals surface area contributed by atoms with Gasteiger partial charge in [0.05, 0.1) is 5.69 Å². The number of hydrogen-bond donors (Lipinski definition) is 2. The molecule has 0 radical (unpaired) electrons. The van der Waals surface area contributed by atoms with Gasteiger partial charge in [0.15, 0.2) is 0 Å². The zero-order valence-corrected chi connectivity index (χ0v) is 8.08. The lowest BCUT2D eigenvalue weighted by Crippen LogP contribution is -2.10. The zero-order chi connectivity index (χ0) is 10.1. The monoisotopic (exact) mass is 191 g/mol. The Morgan fingerprint density at radius 3 is 3.14 bits per heavy atom. The van der Waals surface area contributed by atoms with Crippen molar-refractivity contribution in [1.29, 1.82) is 0 Å². The molecule has 3 heteroatoms. The van der Waals surface area contributed by atoms with Crippen molar-refractivity contribution >= 4 is 5.69 Å². The van der Waals surface area contributed by atoms with Crippen molar-refractivity contribution in [3.8, 4) is 11.5 Å². The molecule has 0 saturated carbocycles. The number of phenolic OH excluding ortho intramolecular Hbond substituents is 1. The SMILES string of the molecule is C=C1C[C@@H](C)Oc2cc(O)ccc2N1. The number of phenols is 1. The van der Waals surface area contributed by atoms with Gasteiger partial charge < -0.3 is 15.2 Å². The summed E-state index contributed by atoms with van der Waals surface area (Å²) in [6, 6.07) is 5.02. The van der Waals surface area contributed by atoms with Gasteiger partial charge in [-0.05, 0) is 19.1 Å². The van der Waals surface area contributed by atoms with Gasteiger partial charge in [0.25, 0.3) is 0 Å². The van der Waals surface area contributed by atoms with Crippen molar-refractivity contribution in [3.63, 3.8) is 0 Å². The van der Waals surface area contributed by atoms with E-state index >= 15 is 0 Å². The number of aromatic hydroxyl groups is 1. The number of anilines is 1. The first-order valence-electron chi connectivity index (χ1n) is 4.59. The molecule has 1 aliphatic heterocycles. The van der Waals surface area contributed by atoms with Crippen LogP contribution in [0.5, 0.6) is 11.5 Å². The predicted octanol–water partition coefficient (Wildman–Crippen LogP) is 2.49. The number of nitrogens with one attached hydrogen (secondary N) is 1. The summed E-state index contributed by atoms with van der Waals surface area (Å²) in [7, 11) is 0. The third-order valence-electron chi connectivity index (χ3n) is 2.14. The van der Waals surface area contributed by atoms with E-state index in [9.17, 15) is 5.11 Å². The lowest BCUT2D eigenvalue weighted by molar-refractivity contribution is 0.227. The third-order valence-corrected chi connectivity index (χ3v) is 2.14. The van der Waals surface area contributed by atoms with Gasteiger partial charge in [-0.2, -0.15) is 0 Å². The van der Waals surface area contributed by atoms with E-state index in [1.165, 1.54) is 0 Å². The largest absolute Gasteiger partial charge is 0.508 e. The van der Waals surface area contributed by atoms with Crippen LogP contribution in [-0.4, -0.2) is 11.2 Å². The zero-order valence-electron chi connectivity index (χ0n) is 8.08. The van der Waals surface area contributed by atoms with Crippen LogP contribution in [0.25, 0.3) is 0 Å². The molecule has 3 nitrogen and oxygen atoms in total. The molecule has 1 heterocycles. The Morgan fingerprint density at radius 1 is 1.57 bits per heavy atom. The van der Waals surface area contributed by atoms with Crippen LogP contribution in [0.1, 0.15) is 13.3 Å². The maximum absolute atomic E-state index is 9.30. The van der Waals surface area contributed by atoms with Crippen LogP contribution in [0.2, 0.25) is 0 Å². The van der Waals surface area contributed by atoms with Gasteiger partial charge in [-0.25, -0.2) is 0 Å². The summed E-state index contributed by atoms with van der Waals surface area (Å²) >= 11 is 0. The highest BCUT2D eigenvalue weighted by Crippen LogP contribution is 2.33. The maximum atomic E-state index is 9.30. The second-order valence-electron chi connectivity index (χ2n) is 3.54. The molecule has 14 heavy (non-hydrogen) atoms. The van der Waals surface area contributed by atoms with Crippen LogP contribution in [0.3, 0.4) is 0 Å². The number of rotatable bonds is 0. The molecule has 0 saturated heterocycles. The normalized spacial score (nSPS) is 20.4. The first kappa shape index (κ1) is 8.94. The Labute approximate surface area is 83.0 Å². The van der Waals surface area contributed by atoms with E-state index in [2.05, 4.69) is 11.9 Å². The van der Waals surface area contributed by atoms with E-state index in [4.69, 9.17) is 4.74 Å². The summed E-state index contributed by atoms with van der Waals surface area (Å²) in [4.78, 5) is 0. The lowest BCUT2D eigenvalue weighted by atomic mass is 10.2. The topological polar surface area (TPSA) is 41.5 Å². The standard InChI is InChI=1S/C11H13NO2/c1-7-5-8(2)14-11-6-9(13)3-4-10(11)12-7/h3-4,6,8,12-13H,1,5H2,2H3/t8-/m1/s1. The van der Waals surface area contributed by atoms with Gasteiger partial charge in [0, 0.05) is 18.2 Å². The molecule has 1 aromatic rings. The minimum Gasteiger partial charge on any atom is -0.508 e. The summed E-state index contributed by atoms with van der Waals surface area (Å²) in [6.45, 7) is 5.87. The maximum Gasteiger partial charge on any atom is 0.146 e. The molecule has 0 spiro atoms. The van der Waals surface area contributed by atoms with Crippen molar-refractivity contribution in [1.82, 2.24) is 0 Å². The van der Waals surface area contributed by atoms with Crippen molar-refractivity contribution in [3.05, 3.63) is 30.5 Å². The highest BCUT2D eigenvalue weighted by molar-refractivity contribution is 5.62. The Hall–Kier alpha value is -1.64. The number of benzene rings is 1. The first-order chi connectivity index (χ1) is 6.65. The summed E-state index contributed by atoms with van der Waals surface area (Å²) in [5.41, 5.74) is 1.79. The Morgan fingerprint density at radius 2 is 2.36 bits per heavy atom. The minimum absolute atomic E-state index is 0.0815. The molecule has 0 aromatic heterocycles. The fraction of sp³-hybridized carbons (Fsp3) is 0.273. The van der Waals surface area contributed by atoms with Gasteiger partial charge in [0.2, 0.25) is 0 Å². The molecule has 0 amide bonds. The Bertz CT molecular complexity index is 374. The summed E-state index contributed by atoms with van der Waals surface area (Å²) in [5.74, 6) is 0.890. The van der Waals surface area contributed by atoms with Crippen LogP contribution in [0.15, 0.2) is 30.5 Å². The molecule has 0 fully saturated rings. The smallest absolute Gasteiger partial charge is 0.146 e. The quantitative estimate of drug-likeness (QED) is 0.619. The highest BCUT2D eigenvalue weighted by atomic mass is 16.5. The molecule has 0 bridgehead atoms. The van der Waals surface area contributed by atoms with Gasteiger partial charge in [-0.1, -0.05) is 6.58 Å². The summed E-state index contributed by atoms with van der Waals surface area (Å²) in [5, 5.41) is 12.5. The van der Waals surface area contributed by atoms with Crippen molar-refractivity contribution in [2.24, 2.45) is 0 Å². The number of fused-ring (bicyclic) bond motifs is 1. The minimum atomic E-state index is 0.0815. The highest BCUT2D eigenvalue weighted by Gasteiger charge is 2.15. The van der Waals surface area contributed by atoms with E-state index in [0.717, 1.165) is 17.8 Å². The molecular weight excluding hydrogens is 178 g/mol. The fourth-order valence-corrected chi connectivity index (χ4v) is 1.56. The van der Waals surface area contributed by atoms with E-state index in [1.54, 1.807) is 18.2 Å². The molecule has 2 rings (SSSR count). The molecule has 2 N–H and O–H groups in total. The second-order valence-corrected chi connectivity index (χ2v) is 3.54. The molecule has 1 atom stereocenters. The van der Waals surface area contributed by atoms with Crippen LogP contribution < -0.4 is 10.1 Å². The molecule has 1 aromatic carbocycles. The number of ether oxygens (including phenoxy) is 1. The third kappa shape index (κ3) is 1.66. The van der Waals surface area contributed by atoms with Crippen LogP contribution in [-0.2, 0) is 0 Å². The van der Waals surface area contributed by atoms with E-state index in [1.807, 2.05) is 6.92 Å². The average Bonchev–Trinajstić information content (AvgIpc) is 2.21. The van der Waals surface area contributed by atoms with Gasteiger partial charge in [-0.3, -0.25) is 0 Å². The Balaban J connectivity index is 2.41. The Kier molecular flexibility index (Phi) is 2.08. The van der Waals surface area contributed by atoms with E-state index in [0.29, 0.717) is 5.75 Å². The molecule has 1 aliphatic rings. The fourth-order valence-electron chi connectivity index (χ4n) is 1.56. The second kappa shape index (κ2) is 3.25. The lowest BCUT2D eigenvalue weighted by Gasteiger charge is -2.11. The van der Waals surface area contributed by atoms with Crippen LogP contribution in [0.4, 0.5) is 5.69 Å². The molecular formula is C11H13NO2.